The molecule has 1 aromatic rings. The quantitative estimate of drug-likeness (QED) is 0.646. The average molecular weight is 195 g/mol. The van der Waals surface area contributed by atoms with Crippen LogP contribution in [0, 0.1) is 0 Å². The highest BCUT2D eigenvalue weighted by molar-refractivity contribution is 5.80. The van der Waals surface area contributed by atoms with E-state index >= 15 is 0 Å². The van der Waals surface area contributed by atoms with Crippen LogP contribution in [0.15, 0.2) is 24.3 Å². The number of aliphatic carboxylic acids is 1. The Balaban J connectivity index is 0.000000980. The molecule has 0 saturated carbocycles. The smallest absolute Gasteiger partial charge is 0.324 e. The highest BCUT2D eigenvalue weighted by Gasteiger charge is 2.39. The fourth-order valence-electron chi connectivity index (χ4n) is 1.80. The zero-order chi connectivity index (χ0) is 9.47. The molecule has 4 heteroatoms. The summed E-state index contributed by atoms with van der Waals surface area (Å²) in [5, 5.41) is 8.92. The predicted octanol–water partition coefficient (Wildman–Crippen LogP) is -0.257. The van der Waals surface area contributed by atoms with Gasteiger partial charge in [0.25, 0.3) is 0 Å². The van der Waals surface area contributed by atoms with Gasteiger partial charge >= 0.3 is 5.97 Å². The monoisotopic (exact) mass is 195 g/mol. The van der Waals surface area contributed by atoms with Crippen LogP contribution >= 0.6 is 0 Å². The Morgan fingerprint density at radius 3 is 2.07 bits per heavy atom. The van der Waals surface area contributed by atoms with Crippen molar-refractivity contribution < 1.29 is 15.4 Å². The standard InChI is InChI=1S/C10H11NO2.H2O/c11-10(9(12)13)5-7-3-1-2-4-8(7)6-10;/h1-4H,5-6,11H2,(H,12,13);1H2. The minimum absolute atomic E-state index is 0. The molecule has 0 aliphatic heterocycles. The zero-order valence-corrected chi connectivity index (χ0v) is 7.66. The molecule has 0 unspecified atom stereocenters. The zero-order valence-electron chi connectivity index (χ0n) is 7.66. The Morgan fingerprint density at radius 2 is 1.71 bits per heavy atom. The summed E-state index contributed by atoms with van der Waals surface area (Å²) in [5.41, 5.74) is 6.80. The van der Waals surface area contributed by atoms with Crippen molar-refractivity contribution in [3.05, 3.63) is 35.4 Å². The van der Waals surface area contributed by atoms with Gasteiger partial charge in [-0.15, -0.1) is 0 Å². The normalized spacial score (nSPS) is 16.9. The fraction of sp³-hybridized carbons (Fsp3) is 0.300. The van der Waals surface area contributed by atoms with Crippen LogP contribution in [0.25, 0.3) is 0 Å². The summed E-state index contributed by atoms with van der Waals surface area (Å²) in [4.78, 5) is 10.9. The predicted molar refractivity (Wildman–Crippen MR) is 52.0 cm³/mol. The van der Waals surface area contributed by atoms with Gasteiger partial charge in [0.15, 0.2) is 0 Å². The first-order valence-corrected chi connectivity index (χ1v) is 4.21. The maximum Gasteiger partial charge on any atom is 0.324 e. The molecule has 5 N–H and O–H groups in total. The van der Waals surface area contributed by atoms with Crippen LogP contribution in [0.5, 0.6) is 0 Å². The van der Waals surface area contributed by atoms with E-state index in [1.165, 1.54) is 0 Å². The van der Waals surface area contributed by atoms with Crippen molar-refractivity contribution in [1.29, 1.82) is 0 Å². The fourth-order valence-corrected chi connectivity index (χ4v) is 1.80. The number of benzene rings is 1. The molecule has 1 aromatic carbocycles. The van der Waals surface area contributed by atoms with E-state index in [1.54, 1.807) is 0 Å². The van der Waals surface area contributed by atoms with Gasteiger partial charge in [-0.25, -0.2) is 0 Å². The lowest BCUT2D eigenvalue weighted by Gasteiger charge is -2.16. The molecule has 14 heavy (non-hydrogen) atoms. The third-order valence-electron chi connectivity index (χ3n) is 2.56. The highest BCUT2D eigenvalue weighted by atomic mass is 16.4. The van der Waals surface area contributed by atoms with Crippen LogP contribution in [0.1, 0.15) is 11.1 Å². The second-order valence-corrected chi connectivity index (χ2v) is 3.58. The van der Waals surface area contributed by atoms with Crippen molar-refractivity contribution in [3.63, 3.8) is 0 Å². The summed E-state index contributed by atoms with van der Waals surface area (Å²) in [7, 11) is 0. The van der Waals surface area contributed by atoms with E-state index in [-0.39, 0.29) is 5.48 Å². The molecular formula is C10H13NO3. The Morgan fingerprint density at radius 1 is 1.29 bits per heavy atom. The van der Waals surface area contributed by atoms with Gasteiger partial charge in [0.2, 0.25) is 0 Å². The molecule has 0 heterocycles. The van der Waals surface area contributed by atoms with E-state index in [0.29, 0.717) is 12.8 Å². The maximum absolute atomic E-state index is 10.9. The molecule has 0 fully saturated rings. The van der Waals surface area contributed by atoms with Crippen molar-refractivity contribution in [1.82, 2.24) is 0 Å². The number of carbonyl (C=O) groups is 1. The van der Waals surface area contributed by atoms with Crippen molar-refractivity contribution in [2.24, 2.45) is 5.73 Å². The van der Waals surface area contributed by atoms with Gasteiger partial charge in [0.1, 0.15) is 5.54 Å². The summed E-state index contributed by atoms with van der Waals surface area (Å²) in [6.45, 7) is 0. The number of hydrogen-bond donors (Lipinski definition) is 2. The van der Waals surface area contributed by atoms with Crippen molar-refractivity contribution in [3.8, 4) is 0 Å². The minimum atomic E-state index is -1.08. The van der Waals surface area contributed by atoms with E-state index in [0.717, 1.165) is 11.1 Å². The Labute approximate surface area is 81.7 Å². The molecule has 1 aliphatic carbocycles. The molecule has 0 aromatic heterocycles. The molecule has 76 valence electrons. The molecule has 0 radical (unpaired) electrons. The second-order valence-electron chi connectivity index (χ2n) is 3.58. The summed E-state index contributed by atoms with van der Waals surface area (Å²) in [5.74, 6) is -0.913. The molecule has 2 rings (SSSR count). The number of carboxylic acids is 1. The van der Waals surface area contributed by atoms with Crippen LogP contribution in [-0.2, 0) is 17.6 Å². The van der Waals surface area contributed by atoms with Gasteiger partial charge in [0, 0.05) is 12.8 Å². The van der Waals surface area contributed by atoms with E-state index < -0.39 is 11.5 Å². The highest BCUT2D eigenvalue weighted by Crippen LogP contribution is 2.28. The third-order valence-corrected chi connectivity index (χ3v) is 2.56. The molecule has 0 bridgehead atoms. The number of carboxylic acid groups (broad SMARTS) is 1. The number of nitrogens with two attached hydrogens (primary N) is 1. The van der Waals surface area contributed by atoms with E-state index in [2.05, 4.69) is 0 Å². The molecule has 0 spiro atoms. The van der Waals surface area contributed by atoms with E-state index in [9.17, 15) is 4.79 Å². The number of hydrogen-bond acceptors (Lipinski definition) is 2. The summed E-state index contributed by atoms with van der Waals surface area (Å²) in [6.07, 6.45) is 0.886. The molecule has 1 aliphatic rings. The van der Waals surface area contributed by atoms with Gasteiger partial charge in [0.05, 0.1) is 0 Å². The summed E-state index contributed by atoms with van der Waals surface area (Å²) in [6, 6.07) is 7.69. The molecule has 0 amide bonds. The number of fused-ring (bicyclic) bond motifs is 1. The maximum atomic E-state index is 10.9. The van der Waals surface area contributed by atoms with Crippen molar-refractivity contribution in [2.75, 3.05) is 0 Å². The second kappa shape index (κ2) is 3.40. The molecule has 0 saturated heterocycles. The van der Waals surface area contributed by atoms with Gasteiger partial charge < -0.3 is 16.3 Å². The van der Waals surface area contributed by atoms with Gasteiger partial charge in [-0.2, -0.15) is 0 Å². The van der Waals surface area contributed by atoms with Crippen LogP contribution in [-0.4, -0.2) is 22.1 Å². The summed E-state index contributed by atoms with van der Waals surface area (Å²) < 4.78 is 0. The first kappa shape index (κ1) is 10.7. The third kappa shape index (κ3) is 1.49. The first-order valence-electron chi connectivity index (χ1n) is 4.21. The van der Waals surface area contributed by atoms with Crippen LogP contribution in [0.2, 0.25) is 0 Å². The lowest BCUT2D eigenvalue weighted by atomic mass is 9.98. The lowest BCUT2D eigenvalue weighted by molar-refractivity contribution is -0.142. The van der Waals surface area contributed by atoms with E-state index in [4.69, 9.17) is 10.8 Å². The SMILES string of the molecule is NC1(C(=O)O)Cc2ccccc2C1.O. The molecule has 4 nitrogen and oxygen atoms in total. The number of rotatable bonds is 1. The molecular weight excluding hydrogens is 182 g/mol. The van der Waals surface area contributed by atoms with Gasteiger partial charge in [-0.1, -0.05) is 24.3 Å². The first-order chi connectivity index (χ1) is 6.12. The van der Waals surface area contributed by atoms with Crippen LogP contribution in [0.4, 0.5) is 0 Å². The van der Waals surface area contributed by atoms with E-state index in [1.807, 2.05) is 24.3 Å². The lowest BCUT2D eigenvalue weighted by Crippen LogP contribution is -2.48. The Hall–Kier alpha value is -1.39. The van der Waals surface area contributed by atoms with Gasteiger partial charge in [-0.05, 0) is 11.1 Å². The minimum Gasteiger partial charge on any atom is -0.480 e. The summed E-state index contributed by atoms with van der Waals surface area (Å²) >= 11 is 0. The van der Waals surface area contributed by atoms with Gasteiger partial charge in [-0.3, -0.25) is 4.79 Å². The largest absolute Gasteiger partial charge is 0.480 e. The average Bonchev–Trinajstić information content (AvgIpc) is 2.42. The van der Waals surface area contributed by atoms with Crippen molar-refractivity contribution in [2.45, 2.75) is 18.4 Å². The Bertz CT molecular complexity index is 337. The van der Waals surface area contributed by atoms with Crippen molar-refractivity contribution >= 4 is 5.97 Å². The molecule has 0 atom stereocenters. The Kier molecular flexibility index (Phi) is 2.59. The van der Waals surface area contributed by atoms with Crippen LogP contribution < -0.4 is 5.73 Å². The topological polar surface area (TPSA) is 94.8 Å². The van der Waals surface area contributed by atoms with Crippen LogP contribution in [0.3, 0.4) is 0 Å².